The SMILES string of the molecule is C=Cc1ccccc1C(=O)O.[Fe]. The smallest absolute Gasteiger partial charge is 0.336 e. The number of aromatic carboxylic acids is 1. The number of hydrogen-bond acceptors (Lipinski definition) is 1. The maximum atomic E-state index is 10.5. The fourth-order valence-electron chi connectivity index (χ4n) is 0.870. The summed E-state index contributed by atoms with van der Waals surface area (Å²) in [5.74, 6) is -0.916. The van der Waals surface area contributed by atoms with Crippen LogP contribution in [-0.4, -0.2) is 11.1 Å². The van der Waals surface area contributed by atoms with Crippen LogP contribution in [0.15, 0.2) is 30.8 Å². The van der Waals surface area contributed by atoms with Gasteiger partial charge in [-0.05, 0) is 11.6 Å². The summed E-state index contributed by atoms with van der Waals surface area (Å²) >= 11 is 0. The molecule has 64 valence electrons. The van der Waals surface area contributed by atoms with Crippen molar-refractivity contribution in [2.75, 3.05) is 0 Å². The Morgan fingerprint density at radius 2 is 2.00 bits per heavy atom. The molecule has 1 N–H and O–H groups in total. The standard InChI is InChI=1S/C9H8O2.Fe/c1-2-7-5-3-4-6-8(7)9(10)11;/h2-6H,1H2,(H,10,11);. The van der Waals surface area contributed by atoms with E-state index < -0.39 is 5.97 Å². The van der Waals surface area contributed by atoms with E-state index in [1.807, 2.05) is 0 Å². The summed E-state index contributed by atoms with van der Waals surface area (Å²) in [5.41, 5.74) is 0.947. The molecular formula is C9H8FeO2. The summed E-state index contributed by atoms with van der Waals surface area (Å²) in [6.45, 7) is 3.51. The van der Waals surface area contributed by atoms with Crippen LogP contribution in [-0.2, 0) is 17.1 Å². The third-order valence-electron chi connectivity index (χ3n) is 1.41. The zero-order valence-electron chi connectivity index (χ0n) is 6.30. The van der Waals surface area contributed by atoms with Gasteiger partial charge in [0.2, 0.25) is 0 Å². The number of carboxylic acid groups (broad SMARTS) is 1. The molecule has 2 nitrogen and oxygen atoms in total. The molecule has 0 saturated carbocycles. The van der Waals surface area contributed by atoms with Crippen molar-refractivity contribution in [3.63, 3.8) is 0 Å². The minimum Gasteiger partial charge on any atom is -0.478 e. The fraction of sp³-hybridized carbons (Fsp3) is 0. The van der Waals surface area contributed by atoms with Crippen LogP contribution in [0, 0.1) is 0 Å². The van der Waals surface area contributed by atoms with Gasteiger partial charge in [-0.25, -0.2) is 4.79 Å². The molecule has 0 aliphatic rings. The van der Waals surface area contributed by atoms with Crippen LogP contribution >= 0.6 is 0 Å². The maximum absolute atomic E-state index is 10.5. The third-order valence-corrected chi connectivity index (χ3v) is 1.41. The van der Waals surface area contributed by atoms with Gasteiger partial charge < -0.3 is 5.11 Å². The first-order valence-corrected chi connectivity index (χ1v) is 3.20. The Bertz CT molecular complexity index is 294. The monoisotopic (exact) mass is 204 g/mol. The molecule has 1 aromatic rings. The van der Waals surface area contributed by atoms with Gasteiger partial charge in [0.15, 0.2) is 0 Å². The van der Waals surface area contributed by atoms with E-state index >= 15 is 0 Å². The number of benzene rings is 1. The second-order valence-corrected chi connectivity index (χ2v) is 2.10. The summed E-state index contributed by atoms with van der Waals surface area (Å²) < 4.78 is 0. The summed E-state index contributed by atoms with van der Waals surface area (Å²) in [6.07, 6.45) is 1.53. The molecule has 0 unspecified atom stereocenters. The molecule has 0 amide bonds. The van der Waals surface area contributed by atoms with Crippen LogP contribution in [0.5, 0.6) is 0 Å². The first-order chi connectivity index (χ1) is 5.25. The first-order valence-electron chi connectivity index (χ1n) is 3.20. The van der Waals surface area contributed by atoms with Crippen molar-refractivity contribution in [1.29, 1.82) is 0 Å². The molecule has 1 rings (SSSR count). The summed E-state index contributed by atoms with van der Waals surface area (Å²) in [4.78, 5) is 10.5. The predicted molar refractivity (Wildman–Crippen MR) is 43.5 cm³/mol. The van der Waals surface area contributed by atoms with Crippen LogP contribution in [0.2, 0.25) is 0 Å². The maximum Gasteiger partial charge on any atom is 0.336 e. The largest absolute Gasteiger partial charge is 0.478 e. The molecule has 0 aliphatic heterocycles. The van der Waals surface area contributed by atoms with Gasteiger partial charge in [-0.3, -0.25) is 0 Å². The van der Waals surface area contributed by atoms with Gasteiger partial charge in [0, 0.05) is 17.1 Å². The minimum atomic E-state index is -0.916. The topological polar surface area (TPSA) is 37.3 Å². The fourth-order valence-corrected chi connectivity index (χ4v) is 0.870. The molecule has 0 aromatic heterocycles. The van der Waals surface area contributed by atoms with Crippen molar-refractivity contribution in [2.45, 2.75) is 0 Å². The summed E-state index contributed by atoms with van der Waals surface area (Å²) in [5, 5.41) is 8.65. The number of hydrogen-bond donors (Lipinski definition) is 1. The Kier molecular flexibility index (Phi) is 4.34. The van der Waals surface area contributed by atoms with E-state index in [0.717, 1.165) is 0 Å². The van der Waals surface area contributed by atoms with Gasteiger partial charge in [-0.1, -0.05) is 30.9 Å². The van der Waals surface area contributed by atoms with E-state index in [0.29, 0.717) is 11.1 Å². The molecule has 0 fully saturated rings. The average molecular weight is 204 g/mol. The summed E-state index contributed by atoms with van der Waals surface area (Å²) in [7, 11) is 0. The number of carbonyl (C=O) groups is 1. The second kappa shape index (κ2) is 4.75. The predicted octanol–water partition coefficient (Wildman–Crippen LogP) is 2.03. The Morgan fingerprint density at radius 1 is 1.42 bits per heavy atom. The molecule has 12 heavy (non-hydrogen) atoms. The van der Waals surface area contributed by atoms with Crippen LogP contribution in [0.3, 0.4) is 0 Å². The van der Waals surface area contributed by atoms with Crippen LogP contribution < -0.4 is 0 Å². The van der Waals surface area contributed by atoms with E-state index in [4.69, 9.17) is 5.11 Å². The Hall–Kier alpha value is -1.05. The summed E-state index contributed by atoms with van der Waals surface area (Å²) in [6, 6.07) is 6.75. The molecule has 0 heterocycles. The molecular weight excluding hydrogens is 196 g/mol. The Balaban J connectivity index is 0.00000121. The van der Waals surface area contributed by atoms with Crippen LogP contribution in [0.25, 0.3) is 6.08 Å². The van der Waals surface area contributed by atoms with Gasteiger partial charge in [-0.15, -0.1) is 0 Å². The van der Waals surface area contributed by atoms with E-state index in [1.165, 1.54) is 6.08 Å². The van der Waals surface area contributed by atoms with Gasteiger partial charge in [0.25, 0.3) is 0 Å². The van der Waals surface area contributed by atoms with Crippen molar-refractivity contribution < 1.29 is 27.0 Å². The molecule has 0 radical (unpaired) electrons. The van der Waals surface area contributed by atoms with Crippen molar-refractivity contribution in [3.8, 4) is 0 Å². The second-order valence-electron chi connectivity index (χ2n) is 2.10. The molecule has 0 bridgehead atoms. The van der Waals surface area contributed by atoms with Gasteiger partial charge in [0.1, 0.15) is 0 Å². The van der Waals surface area contributed by atoms with Crippen molar-refractivity contribution >= 4 is 12.0 Å². The van der Waals surface area contributed by atoms with Crippen LogP contribution in [0.1, 0.15) is 15.9 Å². The van der Waals surface area contributed by atoms with Crippen LogP contribution in [0.4, 0.5) is 0 Å². The molecule has 1 aromatic carbocycles. The third kappa shape index (κ3) is 2.22. The number of carboxylic acids is 1. The Morgan fingerprint density at radius 3 is 2.42 bits per heavy atom. The van der Waals surface area contributed by atoms with E-state index in [9.17, 15) is 4.79 Å². The van der Waals surface area contributed by atoms with Gasteiger partial charge in [-0.2, -0.15) is 0 Å². The molecule has 0 aliphatic carbocycles. The Labute approximate surface area is 81.4 Å². The van der Waals surface area contributed by atoms with E-state index in [2.05, 4.69) is 6.58 Å². The zero-order valence-corrected chi connectivity index (χ0v) is 7.41. The first kappa shape index (κ1) is 10.9. The van der Waals surface area contributed by atoms with Gasteiger partial charge in [0.05, 0.1) is 5.56 Å². The zero-order chi connectivity index (χ0) is 8.27. The molecule has 3 heteroatoms. The van der Waals surface area contributed by atoms with Crippen molar-refractivity contribution in [1.82, 2.24) is 0 Å². The minimum absolute atomic E-state index is 0. The molecule has 0 spiro atoms. The quantitative estimate of drug-likeness (QED) is 0.748. The number of rotatable bonds is 2. The van der Waals surface area contributed by atoms with E-state index in [-0.39, 0.29) is 17.1 Å². The normalized spacial score (nSPS) is 8.33. The van der Waals surface area contributed by atoms with E-state index in [1.54, 1.807) is 24.3 Å². The van der Waals surface area contributed by atoms with Crippen molar-refractivity contribution in [2.24, 2.45) is 0 Å². The molecule has 0 saturated heterocycles. The van der Waals surface area contributed by atoms with Gasteiger partial charge >= 0.3 is 5.97 Å². The van der Waals surface area contributed by atoms with Crippen molar-refractivity contribution in [3.05, 3.63) is 42.0 Å². The molecule has 0 atom stereocenters. The average Bonchev–Trinajstić information content (AvgIpc) is 2.04.